The number of benzene rings is 1. The maximum Gasteiger partial charge on any atom is 0.326 e. The number of aromatic nitrogens is 3. The highest BCUT2D eigenvalue weighted by atomic mass is 16.5. The third kappa shape index (κ3) is 4.02. The summed E-state index contributed by atoms with van der Waals surface area (Å²) < 4.78 is 6.94. The number of aryl methyl sites for hydroxylation is 1. The van der Waals surface area contributed by atoms with Crippen LogP contribution in [0.15, 0.2) is 41.3 Å². The van der Waals surface area contributed by atoms with Crippen molar-refractivity contribution in [2.24, 2.45) is 7.05 Å². The molecule has 3 aromatic rings. The van der Waals surface area contributed by atoms with Crippen LogP contribution in [0, 0.1) is 0 Å². The number of hydrogen-bond donors (Lipinski definition) is 2. The normalized spacial score (nSPS) is 14.8. The van der Waals surface area contributed by atoms with E-state index >= 15 is 0 Å². The van der Waals surface area contributed by atoms with E-state index in [0.717, 1.165) is 43.0 Å². The Morgan fingerprint density at radius 3 is 2.83 bits per heavy atom. The fourth-order valence-corrected chi connectivity index (χ4v) is 3.65. The lowest BCUT2D eigenvalue weighted by Crippen LogP contribution is -2.37. The van der Waals surface area contributed by atoms with E-state index in [2.05, 4.69) is 27.2 Å². The van der Waals surface area contributed by atoms with Gasteiger partial charge in [0, 0.05) is 51.7 Å². The van der Waals surface area contributed by atoms with Crippen LogP contribution in [0.2, 0.25) is 0 Å². The van der Waals surface area contributed by atoms with E-state index in [4.69, 9.17) is 4.74 Å². The van der Waals surface area contributed by atoms with Gasteiger partial charge in [-0.25, -0.2) is 9.78 Å². The predicted octanol–water partition coefficient (Wildman–Crippen LogP) is 1.81. The highest BCUT2D eigenvalue weighted by molar-refractivity contribution is 5.97. The zero-order valence-corrected chi connectivity index (χ0v) is 16.6. The Morgan fingerprint density at radius 2 is 2.10 bits per heavy atom. The Hall–Kier alpha value is -3.13. The first-order valence-corrected chi connectivity index (χ1v) is 9.75. The van der Waals surface area contributed by atoms with E-state index in [1.54, 1.807) is 31.4 Å². The SMILES string of the molecule is CN(c1ccc(CNC(=O)c2ccc3c(c2)[nH]c(=O)n3C)cn1)C1CCOCC1. The summed E-state index contributed by atoms with van der Waals surface area (Å²) in [4.78, 5) is 33.7. The first-order chi connectivity index (χ1) is 14.0. The van der Waals surface area contributed by atoms with Gasteiger partial charge in [-0.15, -0.1) is 0 Å². The number of carbonyl (C=O) groups is 1. The number of ether oxygens (including phenoxy) is 1. The Balaban J connectivity index is 1.38. The molecule has 0 unspecified atom stereocenters. The molecule has 0 bridgehead atoms. The molecule has 0 radical (unpaired) electrons. The van der Waals surface area contributed by atoms with Crippen LogP contribution in [0.25, 0.3) is 11.0 Å². The summed E-state index contributed by atoms with van der Waals surface area (Å²) in [5.74, 6) is 0.727. The van der Waals surface area contributed by atoms with Crippen molar-refractivity contribution in [3.05, 3.63) is 58.1 Å². The highest BCUT2D eigenvalue weighted by Crippen LogP contribution is 2.19. The molecule has 0 saturated carbocycles. The molecule has 1 aliphatic rings. The monoisotopic (exact) mass is 395 g/mol. The Morgan fingerprint density at radius 1 is 1.31 bits per heavy atom. The van der Waals surface area contributed by atoms with Gasteiger partial charge in [0.25, 0.3) is 5.91 Å². The lowest BCUT2D eigenvalue weighted by Gasteiger charge is -2.32. The first kappa shape index (κ1) is 19.2. The smallest absolute Gasteiger partial charge is 0.326 e. The maximum absolute atomic E-state index is 12.5. The zero-order valence-electron chi connectivity index (χ0n) is 16.6. The van der Waals surface area contributed by atoms with Crippen LogP contribution in [0.4, 0.5) is 5.82 Å². The largest absolute Gasteiger partial charge is 0.381 e. The Bertz CT molecular complexity index is 1060. The third-order valence-corrected chi connectivity index (χ3v) is 5.53. The van der Waals surface area contributed by atoms with E-state index in [0.29, 0.717) is 23.7 Å². The van der Waals surface area contributed by atoms with Gasteiger partial charge in [0.15, 0.2) is 0 Å². The lowest BCUT2D eigenvalue weighted by atomic mass is 10.1. The van der Waals surface area contributed by atoms with Crippen LogP contribution in [-0.2, 0) is 18.3 Å². The number of H-pyrrole nitrogens is 1. The third-order valence-electron chi connectivity index (χ3n) is 5.53. The number of nitrogens with zero attached hydrogens (tertiary/aromatic N) is 3. The molecule has 1 saturated heterocycles. The molecule has 0 aliphatic carbocycles. The van der Waals surface area contributed by atoms with Crippen molar-refractivity contribution >= 4 is 22.8 Å². The van der Waals surface area contributed by atoms with Crippen LogP contribution < -0.4 is 15.9 Å². The molecule has 4 rings (SSSR count). The molecule has 2 N–H and O–H groups in total. The summed E-state index contributed by atoms with van der Waals surface area (Å²) in [6.07, 6.45) is 3.81. The standard InChI is InChI=1S/C21H25N5O3/c1-25(16-7-9-29-10-8-16)19-6-3-14(12-22-19)13-23-20(27)15-4-5-18-17(11-15)24-21(28)26(18)2/h3-6,11-12,16H,7-10,13H2,1-2H3,(H,23,27)(H,24,28). The van der Waals surface area contributed by atoms with Crippen molar-refractivity contribution in [3.8, 4) is 0 Å². The quantitative estimate of drug-likeness (QED) is 0.687. The minimum Gasteiger partial charge on any atom is -0.381 e. The number of fused-ring (bicyclic) bond motifs is 1. The van der Waals surface area contributed by atoms with E-state index < -0.39 is 0 Å². The van der Waals surface area contributed by atoms with E-state index in [9.17, 15) is 9.59 Å². The van der Waals surface area contributed by atoms with Crippen LogP contribution in [0.5, 0.6) is 0 Å². The number of amides is 1. The molecule has 29 heavy (non-hydrogen) atoms. The predicted molar refractivity (Wildman–Crippen MR) is 111 cm³/mol. The van der Waals surface area contributed by atoms with Crippen molar-refractivity contribution in [2.45, 2.75) is 25.4 Å². The molecule has 152 valence electrons. The number of carbonyl (C=O) groups excluding carboxylic acids is 1. The van der Waals surface area contributed by atoms with Crippen molar-refractivity contribution < 1.29 is 9.53 Å². The Kier molecular flexibility index (Phi) is 5.35. The zero-order chi connectivity index (χ0) is 20.4. The number of imidazole rings is 1. The minimum atomic E-state index is -0.200. The van der Waals surface area contributed by atoms with E-state index in [-0.39, 0.29) is 11.6 Å². The van der Waals surface area contributed by atoms with Crippen molar-refractivity contribution in [3.63, 3.8) is 0 Å². The first-order valence-electron chi connectivity index (χ1n) is 9.75. The second-order valence-corrected chi connectivity index (χ2v) is 7.38. The molecule has 0 atom stereocenters. The number of hydrogen-bond acceptors (Lipinski definition) is 5. The van der Waals surface area contributed by atoms with E-state index in [1.807, 2.05) is 12.1 Å². The van der Waals surface area contributed by atoms with Gasteiger partial charge in [-0.2, -0.15) is 0 Å². The average Bonchev–Trinajstić information content (AvgIpc) is 3.05. The summed E-state index contributed by atoms with van der Waals surface area (Å²) in [7, 11) is 3.75. The fraction of sp³-hybridized carbons (Fsp3) is 0.381. The van der Waals surface area contributed by atoms with Crippen molar-refractivity contribution in [2.75, 3.05) is 25.2 Å². The number of aromatic amines is 1. The molecule has 1 amide bonds. The molecule has 0 spiro atoms. The lowest BCUT2D eigenvalue weighted by molar-refractivity contribution is 0.0853. The molecule has 8 heteroatoms. The summed E-state index contributed by atoms with van der Waals surface area (Å²) in [5.41, 5.74) is 2.64. The van der Waals surface area contributed by atoms with Gasteiger partial charge in [0.05, 0.1) is 11.0 Å². The molecule has 8 nitrogen and oxygen atoms in total. The number of nitrogens with one attached hydrogen (secondary N) is 2. The van der Waals surface area contributed by atoms with E-state index in [1.165, 1.54) is 4.57 Å². The molecule has 1 fully saturated rings. The number of rotatable bonds is 5. The van der Waals surface area contributed by atoms with Gasteiger partial charge in [-0.3, -0.25) is 9.36 Å². The van der Waals surface area contributed by atoms with Gasteiger partial charge in [0.2, 0.25) is 0 Å². The molecular formula is C21H25N5O3. The molecule has 1 aromatic carbocycles. The van der Waals surface area contributed by atoms with Crippen LogP contribution >= 0.6 is 0 Å². The summed E-state index contributed by atoms with van der Waals surface area (Å²) in [6, 6.07) is 9.59. The molecule has 2 aromatic heterocycles. The summed E-state index contributed by atoms with van der Waals surface area (Å²) in [5, 5.41) is 2.91. The average molecular weight is 395 g/mol. The van der Waals surface area contributed by atoms with Crippen molar-refractivity contribution in [1.29, 1.82) is 0 Å². The second-order valence-electron chi connectivity index (χ2n) is 7.38. The van der Waals surface area contributed by atoms with Crippen molar-refractivity contribution in [1.82, 2.24) is 19.9 Å². The molecule has 3 heterocycles. The molecule has 1 aliphatic heterocycles. The van der Waals surface area contributed by atoms with Gasteiger partial charge in [0.1, 0.15) is 5.82 Å². The minimum absolute atomic E-state index is 0.194. The Labute approximate surface area is 168 Å². The van der Waals surface area contributed by atoms with Gasteiger partial charge in [-0.05, 0) is 42.7 Å². The fourth-order valence-electron chi connectivity index (χ4n) is 3.65. The topological polar surface area (TPSA) is 92.2 Å². The number of pyridine rings is 1. The van der Waals surface area contributed by atoms with Gasteiger partial charge < -0.3 is 19.9 Å². The number of anilines is 1. The summed E-state index contributed by atoms with van der Waals surface area (Å²) in [6.45, 7) is 1.97. The maximum atomic E-state index is 12.5. The van der Waals surface area contributed by atoms with Gasteiger partial charge >= 0.3 is 5.69 Å². The molecular weight excluding hydrogens is 370 g/mol. The van der Waals surface area contributed by atoms with Crippen LogP contribution in [0.1, 0.15) is 28.8 Å². The summed E-state index contributed by atoms with van der Waals surface area (Å²) >= 11 is 0. The van der Waals surface area contributed by atoms with Crippen LogP contribution in [-0.4, -0.2) is 46.7 Å². The highest BCUT2D eigenvalue weighted by Gasteiger charge is 2.19. The van der Waals surface area contributed by atoms with Gasteiger partial charge in [-0.1, -0.05) is 6.07 Å². The van der Waals surface area contributed by atoms with Crippen LogP contribution in [0.3, 0.4) is 0 Å². The second kappa shape index (κ2) is 8.08.